The van der Waals surface area contributed by atoms with Crippen LogP contribution in [0.2, 0.25) is 0 Å². The predicted molar refractivity (Wildman–Crippen MR) is 80.6 cm³/mol. The van der Waals surface area contributed by atoms with Crippen LogP contribution in [0.4, 0.5) is 4.79 Å². The summed E-state index contributed by atoms with van der Waals surface area (Å²) in [6, 6.07) is 0. The average Bonchev–Trinajstić information content (AvgIpc) is 3.06. The Hall–Kier alpha value is -2.45. The predicted octanol–water partition coefficient (Wildman–Crippen LogP) is -0.0793. The Morgan fingerprint density at radius 3 is 2.52 bits per heavy atom. The van der Waals surface area contributed by atoms with Crippen LogP contribution in [0.1, 0.15) is 26.2 Å². The molecule has 2 heterocycles. The van der Waals surface area contributed by atoms with Crippen molar-refractivity contribution in [1.82, 2.24) is 0 Å². The molecular weight excluding hydrogens is 376 g/mol. The van der Waals surface area contributed by atoms with Crippen LogP contribution in [0, 0.1) is 20.2 Å². The molecule has 0 amide bonds. The minimum atomic E-state index is -1.53. The summed E-state index contributed by atoms with van der Waals surface area (Å²) < 4.78 is 15.8. The van der Waals surface area contributed by atoms with Crippen molar-refractivity contribution in [2.24, 2.45) is 0 Å². The Labute approximate surface area is 152 Å². The molecule has 7 unspecified atom stereocenters. The van der Waals surface area contributed by atoms with Crippen LogP contribution in [0.3, 0.4) is 0 Å². The van der Waals surface area contributed by atoms with Crippen molar-refractivity contribution in [3.05, 3.63) is 20.2 Å². The monoisotopic (exact) mass is 396 g/mol. The molecule has 2 aliphatic rings. The molecule has 2 aliphatic heterocycles. The molecule has 14 heteroatoms. The zero-order chi connectivity index (χ0) is 20.1. The van der Waals surface area contributed by atoms with E-state index in [9.17, 15) is 30.1 Å². The van der Waals surface area contributed by atoms with Crippen LogP contribution in [0.25, 0.3) is 0 Å². The van der Waals surface area contributed by atoms with Crippen molar-refractivity contribution in [1.29, 1.82) is 0 Å². The van der Waals surface area contributed by atoms with Crippen molar-refractivity contribution in [2.45, 2.75) is 68.9 Å². The second kappa shape index (κ2) is 8.96. The van der Waals surface area contributed by atoms with Crippen molar-refractivity contribution in [3.63, 3.8) is 0 Å². The standard InChI is InChI=1S/C13H20N2O12/c1-6(26-14(19)20)8(27-15(21)22)3-2-4-9-11(25-13(17)18)12-10(24-9)7(16)5-23-12/h6-12,16H,2-5H2,1H3,(H,17,18). The molecular formula is C13H20N2O12. The van der Waals surface area contributed by atoms with E-state index in [-0.39, 0.29) is 25.9 Å². The molecule has 0 bridgehead atoms. The van der Waals surface area contributed by atoms with Crippen LogP contribution in [-0.4, -0.2) is 75.9 Å². The number of hydrogen-bond donors (Lipinski definition) is 2. The molecule has 0 saturated carbocycles. The Balaban J connectivity index is 1.93. The van der Waals surface area contributed by atoms with Gasteiger partial charge in [-0.15, -0.1) is 20.2 Å². The van der Waals surface area contributed by atoms with E-state index < -0.39 is 59.1 Å². The van der Waals surface area contributed by atoms with Gasteiger partial charge in [0.15, 0.2) is 6.10 Å². The molecule has 27 heavy (non-hydrogen) atoms. The van der Waals surface area contributed by atoms with Gasteiger partial charge in [-0.2, -0.15) is 0 Å². The number of aliphatic hydroxyl groups excluding tert-OH is 1. The molecule has 0 aliphatic carbocycles. The van der Waals surface area contributed by atoms with Gasteiger partial charge in [-0.3, -0.25) is 0 Å². The van der Waals surface area contributed by atoms with Crippen LogP contribution in [0.5, 0.6) is 0 Å². The van der Waals surface area contributed by atoms with Gasteiger partial charge < -0.3 is 34.1 Å². The lowest BCUT2D eigenvalue weighted by atomic mass is 10.0. The Morgan fingerprint density at radius 1 is 1.26 bits per heavy atom. The van der Waals surface area contributed by atoms with E-state index >= 15 is 0 Å². The van der Waals surface area contributed by atoms with Crippen LogP contribution < -0.4 is 0 Å². The maximum Gasteiger partial charge on any atom is 0.506 e. The first kappa shape index (κ1) is 20.9. The van der Waals surface area contributed by atoms with E-state index in [4.69, 9.17) is 19.3 Å². The van der Waals surface area contributed by atoms with Gasteiger partial charge in [-0.25, -0.2) is 4.79 Å². The van der Waals surface area contributed by atoms with Crippen molar-refractivity contribution in [3.8, 4) is 0 Å². The topological polar surface area (TPSA) is 190 Å². The van der Waals surface area contributed by atoms with Gasteiger partial charge in [0, 0.05) is 0 Å². The molecule has 7 atom stereocenters. The summed E-state index contributed by atoms with van der Waals surface area (Å²) >= 11 is 0. The van der Waals surface area contributed by atoms with Gasteiger partial charge >= 0.3 is 6.16 Å². The molecule has 2 fully saturated rings. The second-order valence-electron chi connectivity index (χ2n) is 6.19. The van der Waals surface area contributed by atoms with Gasteiger partial charge in [-0.1, -0.05) is 0 Å². The molecule has 0 spiro atoms. The quantitative estimate of drug-likeness (QED) is 0.284. The van der Waals surface area contributed by atoms with E-state index in [2.05, 4.69) is 9.68 Å². The van der Waals surface area contributed by atoms with Crippen LogP contribution >= 0.6 is 0 Å². The highest BCUT2D eigenvalue weighted by Crippen LogP contribution is 2.35. The Bertz CT molecular complexity index is 559. The Kier molecular flexibility index (Phi) is 6.92. The highest BCUT2D eigenvalue weighted by Gasteiger charge is 2.54. The SMILES string of the molecule is CC(O[N+](=O)[O-])C(CCCC1OC2C(O)COC2C1OC(=O)O)O[N+](=O)[O-]. The third-order valence-corrected chi connectivity index (χ3v) is 4.40. The second-order valence-corrected chi connectivity index (χ2v) is 6.19. The highest BCUT2D eigenvalue weighted by molar-refractivity contribution is 5.57. The summed E-state index contributed by atoms with van der Waals surface area (Å²) in [7, 11) is 0. The third-order valence-electron chi connectivity index (χ3n) is 4.40. The fourth-order valence-corrected chi connectivity index (χ4v) is 3.26. The van der Waals surface area contributed by atoms with E-state index in [0.717, 1.165) is 0 Å². The van der Waals surface area contributed by atoms with E-state index in [0.29, 0.717) is 0 Å². The first-order chi connectivity index (χ1) is 12.7. The number of fused-ring (bicyclic) bond motifs is 1. The summed E-state index contributed by atoms with van der Waals surface area (Å²) in [5.74, 6) is 0. The lowest BCUT2D eigenvalue weighted by Gasteiger charge is -2.23. The summed E-state index contributed by atoms with van der Waals surface area (Å²) in [6.07, 6.45) is -7.59. The minimum Gasteiger partial charge on any atom is -0.450 e. The summed E-state index contributed by atoms with van der Waals surface area (Å²) in [5.41, 5.74) is 0. The zero-order valence-electron chi connectivity index (χ0n) is 14.2. The van der Waals surface area contributed by atoms with Crippen molar-refractivity contribution >= 4 is 6.16 Å². The number of nitrogens with zero attached hydrogens (tertiary/aromatic N) is 2. The molecule has 2 rings (SSSR count). The Morgan fingerprint density at radius 2 is 1.93 bits per heavy atom. The van der Waals surface area contributed by atoms with E-state index in [1.54, 1.807) is 0 Å². The first-order valence-electron chi connectivity index (χ1n) is 8.16. The van der Waals surface area contributed by atoms with Gasteiger partial charge in [-0.05, 0) is 26.2 Å². The summed E-state index contributed by atoms with van der Waals surface area (Å²) in [5, 5.41) is 37.5. The number of rotatable bonds is 10. The molecule has 0 aromatic carbocycles. The third kappa shape index (κ3) is 5.51. The maximum absolute atomic E-state index is 10.9. The van der Waals surface area contributed by atoms with Gasteiger partial charge in [0.1, 0.15) is 30.5 Å². The largest absolute Gasteiger partial charge is 0.506 e. The van der Waals surface area contributed by atoms with Crippen LogP contribution in [0.15, 0.2) is 0 Å². The molecule has 0 radical (unpaired) electrons. The zero-order valence-corrected chi connectivity index (χ0v) is 14.2. The van der Waals surface area contributed by atoms with E-state index in [1.165, 1.54) is 6.92 Å². The molecule has 2 N–H and O–H groups in total. The molecule has 0 aromatic rings. The molecule has 0 aromatic heterocycles. The number of ether oxygens (including phenoxy) is 3. The lowest BCUT2D eigenvalue weighted by Crippen LogP contribution is -2.37. The summed E-state index contributed by atoms with van der Waals surface area (Å²) in [6.45, 7) is 1.25. The van der Waals surface area contributed by atoms with Gasteiger partial charge in [0.25, 0.3) is 10.2 Å². The average molecular weight is 396 g/mol. The first-order valence-corrected chi connectivity index (χ1v) is 8.16. The smallest absolute Gasteiger partial charge is 0.450 e. The molecule has 154 valence electrons. The minimum absolute atomic E-state index is 0.00394. The fraction of sp³-hybridized carbons (Fsp3) is 0.923. The number of carbonyl (C=O) groups is 1. The number of hydrogen-bond acceptors (Lipinski definition) is 11. The van der Waals surface area contributed by atoms with Gasteiger partial charge in [0.2, 0.25) is 0 Å². The van der Waals surface area contributed by atoms with Gasteiger partial charge in [0.05, 0.1) is 12.7 Å². The fourth-order valence-electron chi connectivity index (χ4n) is 3.26. The maximum atomic E-state index is 10.9. The van der Waals surface area contributed by atoms with E-state index in [1.807, 2.05) is 0 Å². The number of carboxylic acid groups (broad SMARTS) is 1. The normalized spacial score (nSPS) is 31.6. The molecule has 2 saturated heterocycles. The molecule has 14 nitrogen and oxygen atoms in total. The number of aliphatic hydroxyl groups is 1. The van der Waals surface area contributed by atoms with Crippen molar-refractivity contribution < 1.29 is 49.1 Å². The van der Waals surface area contributed by atoms with Crippen molar-refractivity contribution in [2.75, 3.05) is 6.61 Å². The highest BCUT2D eigenvalue weighted by atomic mass is 17.0. The summed E-state index contributed by atoms with van der Waals surface area (Å²) in [4.78, 5) is 40.6. The lowest BCUT2D eigenvalue weighted by molar-refractivity contribution is -0.798. The van der Waals surface area contributed by atoms with Crippen LogP contribution in [-0.2, 0) is 23.9 Å².